The molecular formula is C24H33N. The average molecular weight is 336 g/mol. The Morgan fingerprint density at radius 2 is 1.64 bits per heavy atom. The van der Waals surface area contributed by atoms with E-state index < -0.39 is 0 Å². The molecule has 0 spiro atoms. The third kappa shape index (κ3) is 4.66. The van der Waals surface area contributed by atoms with Gasteiger partial charge in [0.25, 0.3) is 0 Å². The molecule has 1 aliphatic carbocycles. The van der Waals surface area contributed by atoms with Crippen LogP contribution in [-0.2, 0) is 0 Å². The van der Waals surface area contributed by atoms with Crippen molar-refractivity contribution >= 4 is 5.69 Å². The van der Waals surface area contributed by atoms with Crippen molar-refractivity contribution in [3.8, 4) is 11.1 Å². The van der Waals surface area contributed by atoms with Gasteiger partial charge < -0.3 is 5.73 Å². The summed E-state index contributed by atoms with van der Waals surface area (Å²) in [5.41, 5.74) is 12.1. The lowest BCUT2D eigenvalue weighted by Gasteiger charge is -2.29. The molecule has 0 aliphatic heterocycles. The molecule has 134 valence electrons. The first kappa shape index (κ1) is 18.0. The fraction of sp³-hybridized carbons (Fsp3) is 0.500. The Kier molecular flexibility index (Phi) is 6.18. The highest BCUT2D eigenvalue weighted by atomic mass is 14.5. The molecule has 3 rings (SSSR count). The van der Waals surface area contributed by atoms with Crippen LogP contribution in [0.2, 0.25) is 0 Å². The van der Waals surface area contributed by atoms with Crippen LogP contribution in [0.4, 0.5) is 5.69 Å². The summed E-state index contributed by atoms with van der Waals surface area (Å²) in [6, 6.07) is 15.5. The number of hydrogen-bond donors (Lipinski definition) is 1. The molecule has 2 aromatic rings. The van der Waals surface area contributed by atoms with Gasteiger partial charge in [-0.1, -0.05) is 62.9 Å². The fourth-order valence-electron chi connectivity index (χ4n) is 4.41. The first-order chi connectivity index (χ1) is 12.2. The maximum absolute atomic E-state index is 5.88. The summed E-state index contributed by atoms with van der Waals surface area (Å²) < 4.78 is 0. The van der Waals surface area contributed by atoms with E-state index >= 15 is 0 Å². The predicted octanol–water partition coefficient (Wildman–Crippen LogP) is 7.10. The van der Waals surface area contributed by atoms with Crippen LogP contribution >= 0.6 is 0 Å². The van der Waals surface area contributed by atoms with E-state index in [0.717, 1.165) is 17.5 Å². The molecule has 0 heterocycles. The smallest absolute Gasteiger partial charge is 0.0317 e. The minimum absolute atomic E-state index is 0.768. The van der Waals surface area contributed by atoms with E-state index in [1.165, 1.54) is 73.6 Å². The molecule has 1 aliphatic rings. The molecule has 0 unspecified atom stereocenters. The van der Waals surface area contributed by atoms with Crippen molar-refractivity contribution in [3.63, 3.8) is 0 Å². The summed E-state index contributed by atoms with van der Waals surface area (Å²) in [5.74, 6) is 1.75. The average Bonchev–Trinajstić information content (AvgIpc) is 2.63. The Bertz CT molecular complexity index is 663. The van der Waals surface area contributed by atoms with Crippen molar-refractivity contribution in [3.05, 3.63) is 53.6 Å². The minimum atomic E-state index is 0.768. The van der Waals surface area contributed by atoms with Crippen LogP contribution in [0.3, 0.4) is 0 Å². The molecule has 1 saturated carbocycles. The lowest BCUT2D eigenvalue weighted by molar-refractivity contribution is 0.303. The van der Waals surface area contributed by atoms with Gasteiger partial charge in [0.1, 0.15) is 0 Å². The van der Waals surface area contributed by atoms with Gasteiger partial charge in [-0.05, 0) is 78.8 Å². The van der Waals surface area contributed by atoms with Crippen molar-refractivity contribution < 1.29 is 0 Å². The molecule has 2 N–H and O–H groups in total. The number of aryl methyl sites for hydroxylation is 1. The van der Waals surface area contributed by atoms with Gasteiger partial charge in [-0.3, -0.25) is 0 Å². The van der Waals surface area contributed by atoms with Gasteiger partial charge in [0.2, 0.25) is 0 Å². The van der Waals surface area contributed by atoms with Crippen LogP contribution in [0, 0.1) is 12.8 Å². The van der Waals surface area contributed by atoms with E-state index in [4.69, 9.17) is 5.73 Å². The van der Waals surface area contributed by atoms with Crippen LogP contribution in [0.5, 0.6) is 0 Å². The number of unbranched alkanes of at least 4 members (excludes halogenated alkanes) is 2. The molecule has 1 nitrogen and oxygen atoms in total. The quantitative estimate of drug-likeness (QED) is 0.442. The van der Waals surface area contributed by atoms with Crippen LogP contribution in [0.25, 0.3) is 11.1 Å². The first-order valence-corrected chi connectivity index (χ1v) is 10.1. The second-order valence-corrected chi connectivity index (χ2v) is 7.91. The second-order valence-electron chi connectivity index (χ2n) is 7.91. The van der Waals surface area contributed by atoms with Crippen molar-refractivity contribution in [2.24, 2.45) is 5.92 Å². The largest absolute Gasteiger partial charge is 0.399 e. The van der Waals surface area contributed by atoms with Crippen molar-refractivity contribution in [1.82, 2.24) is 0 Å². The van der Waals surface area contributed by atoms with Crippen LogP contribution in [-0.4, -0.2) is 0 Å². The number of nitrogen functional groups attached to an aromatic ring is 1. The minimum Gasteiger partial charge on any atom is -0.399 e. The Hall–Kier alpha value is -1.76. The van der Waals surface area contributed by atoms with Gasteiger partial charge in [-0.25, -0.2) is 0 Å². The topological polar surface area (TPSA) is 26.0 Å². The molecule has 25 heavy (non-hydrogen) atoms. The molecule has 0 atom stereocenters. The first-order valence-electron chi connectivity index (χ1n) is 10.1. The van der Waals surface area contributed by atoms with Crippen LogP contribution in [0.1, 0.15) is 75.3 Å². The molecule has 0 aromatic heterocycles. The highest BCUT2D eigenvalue weighted by Crippen LogP contribution is 2.38. The summed E-state index contributed by atoms with van der Waals surface area (Å²) in [5, 5.41) is 0. The number of anilines is 1. The van der Waals surface area contributed by atoms with E-state index in [9.17, 15) is 0 Å². The summed E-state index contributed by atoms with van der Waals surface area (Å²) >= 11 is 0. The van der Waals surface area contributed by atoms with E-state index in [0.29, 0.717) is 0 Å². The summed E-state index contributed by atoms with van der Waals surface area (Å²) in [7, 11) is 0. The molecule has 0 saturated heterocycles. The number of nitrogens with two attached hydrogens (primary N) is 1. The summed E-state index contributed by atoms with van der Waals surface area (Å²) in [6.45, 7) is 4.44. The van der Waals surface area contributed by atoms with Gasteiger partial charge in [0.15, 0.2) is 0 Å². The van der Waals surface area contributed by atoms with E-state index in [1.54, 1.807) is 0 Å². The van der Waals surface area contributed by atoms with Crippen LogP contribution < -0.4 is 5.73 Å². The van der Waals surface area contributed by atoms with Gasteiger partial charge in [-0.2, -0.15) is 0 Å². The van der Waals surface area contributed by atoms with E-state index in [2.05, 4.69) is 50.2 Å². The molecule has 0 amide bonds. The van der Waals surface area contributed by atoms with Crippen molar-refractivity contribution in [2.75, 3.05) is 5.73 Å². The number of benzene rings is 2. The summed E-state index contributed by atoms with van der Waals surface area (Å²) in [4.78, 5) is 0. The molecule has 1 fully saturated rings. The molecule has 2 aromatic carbocycles. The maximum Gasteiger partial charge on any atom is 0.0317 e. The van der Waals surface area contributed by atoms with Crippen molar-refractivity contribution in [1.29, 1.82) is 0 Å². The third-order valence-corrected chi connectivity index (χ3v) is 6.01. The highest BCUT2D eigenvalue weighted by Gasteiger charge is 2.22. The molecule has 0 radical (unpaired) electrons. The maximum atomic E-state index is 5.88. The van der Waals surface area contributed by atoms with Crippen LogP contribution in [0.15, 0.2) is 42.5 Å². The van der Waals surface area contributed by atoms with E-state index in [-0.39, 0.29) is 0 Å². The lowest BCUT2D eigenvalue weighted by Crippen LogP contribution is -2.13. The Balaban J connectivity index is 1.60. The molecular weight excluding hydrogens is 302 g/mol. The second kappa shape index (κ2) is 8.56. The normalized spacial score (nSPS) is 20.6. The Morgan fingerprint density at radius 1 is 0.920 bits per heavy atom. The van der Waals surface area contributed by atoms with Crippen molar-refractivity contribution in [2.45, 2.75) is 71.1 Å². The Labute approximate surface area is 153 Å². The zero-order valence-corrected chi connectivity index (χ0v) is 15.9. The zero-order valence-electron chi connectivity index (χ0n) is 15.9. The zero-order chi connectivity index (χ0) is 17.6. The third-order valence-electron chi connectivity index (χ3n) is 6.01. The SMILES string of the molecule is CCCCCC1CCC(c2ccc(-c3ccc(N)cc3C)cc2)CC1. The van der Waals surface area contributed by atoms with Gasteiger partial charge in [0.05, 0.1) is 0 Å². The number of rotatable bonds is 6. The standard InChI is InChI=1S/C24H33N/c1-3-4-5-6-19-7-9-20(10-8-19)21-11-13-22(14-12-21)24-16-15-23(25)17-18(24)2/h11-17,19-20H,3-10,25H2,1-2H3. The Morgan fingerprint density at radius 3 is 2.28 bits per heavy atom. The van der Waals surface area contributed by atoms with Gasteiger partial charge >= 0.3 is 0 Å². The van der Waals surface area contributed by atoms with Gasteiger partial charge in [0, 0.05) is 5.69 Å². The molecule has 0 bridgehead atoms. The monoisotopic (exact) mass is 335 g/mol. The van der Waals surface area contributed by atoms with Gasteiger partial charge in [-0.15, -0.1) is 0 Å². The highest BCUT2D eigenvalue weighted by molar-refractivity contribution is 5.69. The van der Waals surface area contributed by atoms with E-state index in [1.807, 2.05) is 6.07 Å². The predicted molar refractivity (Wildman–Crippen MR) is 110 cm³/mol. The molecule has 1 heteroatoms. The number of hydrogen-bond acceptors (Lipinski definition) is 1. The fourth-order valence-corrected chi connectivity index (χ4v) is 4.41. The summed E-state index contributed by atoms with van der Waals surface area (Å²) in [6.07, 6.45) is 11.2. The lowest BCUT2D eigenvalue weighted by atomic mass is 9.77.